The van der Waals surface area contributed by atoms with Crippen LogP contribution in [0.2, 0.25) is 0 Å². The molecule has 0 N–H and O–H groups in total. The van der Waals surface area contributed by atoms with Crippen LogP contribution in [0.5, 0.6) is 0 Å². The lowest BCUT2D eigenvalue weighted by molar-refractivity contribution is 0.213. The smallest absolute Gasteiger partial charge is 0.0267 e. The summed E-state index contributed by atoms with van der Waals surface area (Å²) in [5.74, 6) is 1.03. The molecular weight excluding hydrogens is 158 g/mol. The van der Waals surface area contributed by atoms with Crippen molar-refractivity contribution in [2.75, 3.05) is 19.6 Å². The maximum Gasteiger partial charge on any atom is 0.0267 e. The molecule has 0 aromatic heterocycles. The van der Waals surface area contributed by atoms with Gasteiger partial charge in [-0.1, -0.05) is 32.1 Å². The fourth-order valence-corrected chi connectivity index (χ4v) is 2.69. The Hall–Kier alpha value is -0.0400. The molecular formula is C12H23N. The van der Waals surface area contributed by atoms with Crippen LogP contribution in [0.3, 0.4) is 0 Å². The molecule has 2 fully saturated rings. The maximum absolute atomic E-state index is 7.63. The molecule has 0 aromatic carbocycles. The van der Waals surface area contributed by atoms with Crippen LogP contribution in [0.25, 0.3) is 0 Å². The van der Waals surface area contributed by atoms with Crippen LogP contribution in [0.4, 0.5) is 0 Å². The van der Waals surface area contributed by atoms with Crippen LogP contribution >= 0.6 is 0 Å². The van der Waals surface area contributed by atoms with Gasteiger partial charge in [0.2, 0.25) is 0 Å². The Morgan fingerprint density at radius 2 is 1.77 bits per heavy atom. The van der Waals surface area contributed by atoms with Crippen molar-refractivity contribution in [2.24, 2.45) is 5.92 Å². The van der Waals surface area contributed by atoms with E-state index in [4.69, 9.17) is 1.37 Å². The van der Waals surface area contributed by atoms with Gasteiger partial charge in [-0.3, -0.25) is 0 Å². The van der Waals surface area contributed by atoms with Gasteiger partial charge in [0.15, 0.2) is 0 Å². The number of piperidine rings is 1. The second kappa shape index (κ2) is 4.99. The lowest BCUT2D eigenvalue weighted by atomic mass is 10.0. The first-order valence-electron chi connectivity index (χ1n) is 6.57. The number of hydrogen-bond donors (Lipinski definition) is 0. The van der Waals surface area contributed by atoms with Gasteiger partial charge in [-0.2, -0.15) is 0 Å². The summed E-state index contributed by atoms with van der Waals surface area (Å²) in [5.41, 5.74) is 0. The quantitative estimate of drug-likeness (QED) is 0.648. The molecule has 0 unspecified atom stereocenters. The van der Waals surface area contributed by atoms with E-state index in [-0.39, 0.29) is 6.40 Å². The van der Waals surface area contributed by atoms with Crippen LogP contribution < -0.4 is 0 Å². The number of hydrogen-bond acceptors (Lipinski definition) is 1. The molecule has 0 atom stereocenters. The van der Waals surface area contributed by atoms with Crippen molar-refractivity contribution in [3.8, 4) is 0 Å². The minimum atomic E-state index is 0.234. The second-order valence-corrected chi connectivity index (χ2v) is 4.65. The van der Waals surface area contributed by atoms with E-state index in [1.54, 1.807) is 0 Å². The maximum atomic E-state index is 7.63. The summed E-state index contributed by atoms with van der Waals surface area (Å²) >= 11 is 0. The minimum absolute atomic E-state index is 0.234. The third-order valence-corrected chi connectivity index (χ3v) is 3.63. The number of likely N-dealkylation sites (tertiary alicyclic amines) is 1. The Kier molecular flexibility index (Phi) is 3.18. The summed E-state index contributed by atoms with van der Waals surface area (Å²) in [6.07, 6.45) is 9.76. The zero-order valence-corrected chi connectivity index (χ0v) is 8.67. The van der Waals surface area contributed by atoms with E-state index in [2.05, 4.69) is 4.90 Å². The van der Waals surface area contributed by atoms with Crippen LogP contribution in [0, 0.1) is 5.92 Å². The molecule has 1 nitrogen and oxygen atoms in total. The van der Waals surface area contributed by atoms with Crippen molar-refractivity contribution in [1.82, 2.24) is 4.90 Å². The fourth-order valence-electron chi connectivity index (χ4n) is 2.69. The lowest BCUT2D eigenvalue weighted by Crippen LogP contribution is -2.31. The zero-order chi connectivity index (χ0) is 9.80. The summed E-state index contributed by atoms with van der Waals surface area (Å²) in [6.45, 7) is 3.67. The van der Waals surface area contributed by atoms with E-state index >= 15 is 0 Å². The summed E-state index contributed by atoms with van der Waals surface area (Å²) in [5, 5.41) is 0. The lowest BCUT2D eigenvalue weighted by Gasteiger charge is -2.27. The molecule has 1 aliphatic heterocycles. The predicted molar refractivity (Wildman–Crippen MR) is 56.9 cm³/mol. The van der Waals surface area contributed by atoms with Crippen LogP contribution in [-0.4, -0.2) is 24.5 Å². The molecule has 13 heavy (non-hydrogen) atoms. The summed E-state index contributed by atoms with van der Waals surface area (Å²) in [4.78, 5) is 2.57. The monoisotopic (exact) mass is 182 g/mol. The first-order valence-corrected chi connectivity index (χ1v) is 5.99. The number of rotatable bonds is 3. The average molecular weight is 182 g/mol. The van der Waals surface area contributed by atoms with Crippen LogP contribution in [0.1, 0.15) is 52.7 Å². The molecule has 1 heteroatoms. The van der Waals surface area contributed by atoms with Crippen molar-refractivity contribution in [1.29, 1.82) is 0 Å². The van der Waals surface area contributed by atoms with Crippen molar-refractivity contribution in [2.45, 2.75) is 51.3 Å². The van der Waals surface area contributed by atoms with Gasteiger partial charge in [0.05, 0.1) is 0 Å². The van der Waals surface area contributed by atoms with E-state index in [0.29, 0.717) is 0 Å². The highest BCUT2D eigenvalue weighted by Crippen LogP contribution is 2.27. The van der Waals surface area contributed by atoms with E-state index in [1.807, 2.05) is 0 Å². The van der Waals surface area contributed by atoms with Gasteiger partial charge in [-0.25, -0.2) is 0 Å². The third-order valence-electron chi connectivity index (χ3n) is 3.63. The molecule has 1 heterocycles. The molecule has 0 bridgehead atoms. The number of nitrogens with zero attached hydrogens (tertiary/aromatic N) is 1. The van der Waals surface area contributed by atoms with Gasteiger partial charge >= 0.3 is 0 Å². The summed E-state index contributed by atoms with van der Waals surface area (Å²) in [6, 6.07) is 0. The molecule has 0 radical (unpaired) electrons. The van der Waals surface area contributed by atoms with Gasteiger partial charge in [-0.15, -0.1) is 0 Å². The van der Waals surface area contributed by atoms with Crippen LogP contribution in [-0.2, 0) is 0 Å². The van der Waals surface area contributed by atoms with E-state index in [1.165, 1.54) is 51.7 Å². The van der Waals surface area contributed by atoms with Gasteiger partial charge in [0.1, 0.15) is 0 Å². The van der Waals surface area contributed by atoms with Gasteiger partial charge in [-0.05, 0) is 44.8 Å². The predicted octanol–water partition coefficient (Wildman–Crippen LogP) is 3.05. The Morgan fingerprint density at radius 3 is 2.46 bits per heavy atom. The topological polar surface area (TPSA) is 3.24 Å². The van der Waals surface area contributed by atoms with Crippen molar-refractivity contribution in [3.63, 3.8) is 0 Å². The highest BCUT2D eigenvalue weighted by Gasteiger charge is 2.16. The zero-order valence-electron chi connectivity index (χ0n) is 9.67. The molecule has 1 saturated heterocycles. The molecule has 1 saturated carbocycles. The van der Waals surface area contributed by atoms with Gasteiger partial charge in [0, 0.05) is 1.37 Å². The molecule has 76 valence electrons. The third kappa shape index (κ3) is 2.98. The second-order valence-electron chi connectivity index (χ2n) is 4.65. The highest BCUT2D eigenvalue weighted by molar-refractivity contribution is 4.71. The Morgan fingerprint density at radius 1 is 1.08 bits per heavy atom. The van der Waals surface area contributed by atoms with E-state index < -0.39 is 0 Å². The molecule has 2 rings (SSSR count). The van der Waals surface area contributed by atoms with E-state index in [9.17, 15) is 0 Å². The Bertz CT molecular complexity index is 158. The Balaban J connectivity index is 1.60. The van der Waals surface area contributed by atoms with Gasteiger partial charge in [0.25, 0.3) is 0 Å². The molecule has 2 aliphatic rings. The normalized spacial score (nSPS) is 29.4. The standard InChI is InChI=1S/C12H23N/c1-4-9-13(10-5-1)11-8-12-6-2-3-7-12/h12H,1-11H2/i1D. The minimum Gasteiger partial charge on any atom is -0.303 e. The van der Waals surface area contributed by atoms with E-state index in [0.717, 1.165) is 18.8 Å². The fraction of sp³-hybridized carbons (Fsp3) is 1.00. The largest absolute Gasteiger partial charge is 0.303 e. The van der Waals surface area contributed by atoms with Crippen molar-refractivity contribution in [3.05, 3.63) is 0 Å². The van der Waals surface area contributed by atoms with Crippen LogP contribution in [0.15, 0.2) is 0 Å². The first-order chi connectivity index (χ1) is 6.84. The molecule has 0 spiro atoms. The average Bonchev–Trinajstić information content (AvgIpc) is 2.70. The summed E-state index contributed by atoms with van der Waals surface area (Å²) < 4.78 is 7.63. The molecule has 1 aliphatic carbocycles. The van der Waals surface area contributed by atoms with Crippen molar-refractivity contribution < 1.29 is 1.37 Å². The highest BCUT2D eigenvalue weighted by atomic mass is 15.1. The first kappa shape index (κ1) is 8.28. The molecule has 0 aromatic rings. The Labute approximate surface area is 83.9 Å². The van der Waals surface area contributed by atoms with Gasteiger partial charge < -0.3 is 4.90 Å². The SMILES string of the molecule is [2H]C1CCN(CCC2CCCC2)CC1. The molecule has 0 amide bonds. The summed E-state index contributed by atoms with van der Waals surface area (Å²) in [7, 11) is 0. The van der Waals surface area contributed by atoms with Crippen molar-refractivity contribution >= 4 is 0 Å².